The van der Waals surface area contributed by atoms with Crippen LogP contribution in [0.25, 0.3) is 0 Å². The molecule has 40 heavy (non-hydrogen) atoms. The van der Waals surface area contributed by atoms with Gasteiger partial charge in [-0.2, -0.15) is 0 Å². The van der Waals surface area contributed by atoms with Crippen molar-refractivity contribution in [1.29, 1.82) is 0 Å². The molecule has 0 heterocycles. The molecule has 11 heteroatoms. The highest BCUT2D eigenvalue weighted by Crippen LogP contribution is 2.30. The van der Waals surface area contributed by atoms with Crippen LogP contribution in [-0.4, -0.2) is 50.9 Å². The Morgan fingerprint density at radius 3 is 2.17 bits per heavy atom. The van der Waals surface area contributed by atoms with Gasteiger partial charge in [-0.05, 0) is 68.3 Å². The maximum Gasteiger partial charge on any atom is 0.264 e. The molecule has 0 saturated carbocycles. The van der Waals surface area contributed by atoms with E-state index in [1.807, 2.05) is 19.9 Å². The summed E-state index contributed by atoms with van der Waals surface area (Å²) in [6.07, 6.45) is 0.308. The predicted molar refractivity (Wildman–Crippen MR) is 158 cm³/mol. The molecular weight excluding hydrogens is 573 g/mol. The van der Waals surface area contributed by atoms with Gasteiger partial charge in [0.1, 0.15) is 18.3 Å². The first kappa shape index (κ1) is 31.3. The highest BCUT2D eigenvalue weighted by atomic mass is 35.5. The standard InChI is InChI=1S/C29H33Cl2N3O5S/c1-5-27(29(36)32-20(2)3)33(18-21-10-9-11-25(14-21)39-4)28(35)19-34(24-16-22(30)15-23(31)17-24)40(37,38)26-12-7-6-8-13-26/h6-17,20,27H,5,18-19H2,1-4H3,(H,32,36)/t27-/m1/s1. The molecule has 0 saturated heterocycles. The highest BCUT2D eigenvalue weighted by Gasteiger charge is 2.34. The zero-order valence-corrected chi connectivity index (χ0v) is 25.1. The van der Waals surface area contributed by atoms with Gasteiger partial charge in [-0.15, -0.1) is 0 Å². The maximum absolute atomic E-state index is 14.1. The summed E-state index contributed by atoms with van der Waals surface area (Å²) >= 11 is 12.4. The molecule has 0 aliphatic rings. The molecule has 0 bridgehead atoms. The summed E-state index contributed by atoms with van der Waals surface area (Å²) in [5.74, 6) is -0.326. The van der Waals surface area contributed by atoms with Gasteiger partial charge >= 0.3 is 0 Å². The van der Waals surface area contributed by atoms with Crippen molar-refractivity contribution in [3.05, 3.63) is 88.4 Å². The predicted octanol–water partition coefficient (Wildman–Crippen LogP) is 5.53. The van der Waals surface area contributed by atoms with Crippen LogP contribution in [0.15, 0.2) is 77.7 Å². The summed E-state index contributed by atoms with van der Waals surface area (Å²) in [5, 5.41) is 3.28. The molecular formula is C29H33Cl2N3O5S. The Morgan fingerprint density at radius 2 is 1.60 bits per heavy atom. The lowest BCUT2D eigenvalue weighted by Gasteiger charge is -2.33. The third-order valence-corrected chi connectivity index (χ3v) is 8.27. The van der Waals surface area contributed by atoms with Crippen molar-refractivity contribution in [2.45, 2.75) is 50.7 Å². The number of rotatable bonds is 12. The molecule has 0 aliphatic heterocycles. The molecule has 3 aromatic rings. The van der Waals surface area contributed by atoms with Crippen LogP contribution in [0.5, 0.6) is 5.75 Å². The van der Waals surface area contributed by atoms with E-state index in [4.69, 9.17) is 27.9 Å². The Kier molecular flexibility index (Phi) is 10.8. The van der Waals surface area contributed by atoms with E-state index in [9.17, 15) is 18.0 Å². The maximum atomic E-state index is 14.1. The van der Waals surface area contributed by atoms with E-state index >= 15 is 0 Å². The highest BCUT2D eigenvalue weighted by molar-refractivity contribution is 7.92. The van der Waals surface area contributed by atoms with E-state index in [-0.39, 0.29) is 39.1 Å². The Labute approximate surface area is 245 Å². The van der Waals surface area contributed by atoms with Crippen LogP contribution >= 0.6 is 23.2 Å². The third kappa shape index (κ3) is 7.90. The fourth-order valence-electron chi connectivity index (χ4n) is 4.20. The van der Waals surface area contributed by atoms with Gasteiger partial charge < -0.3 is 15.0 Å². The van der Waals surface area contributed by atoms with E-state index in [2.05, 4.69) is 5.32 Å². The van der Waals surface area contributed by atoms with Gasteiger partial charge in [0, 0.05) is 22.6 Å². The second kappa shape index (κ2) is 13.9. The number of carbonyl (C=O) groups excluding carboxylic acids is 2. The Bertz CT molecular complexity index is 1410. The summed E-state index contributed by atoms with van der Waals surface area (Å²) in [6, 6.07) is 18.2. The molecule has 0 spiro atoms. The first-order valence-corrected chi connectivity index (χ1v) is 14.9. The first-order chi connectivity index (χ1) is 19.0. The van der Waals surface area contributed by atoms with E-state index < -0.39 is 28.5 Å². The number of ether oxygens (including phenoxy) is 1. The normalized spacial score (nSPS) is 12.1. The minimum Gasteiger partial charge on any atom is -0.497 e. The Hall–Kier alpha value is -3.27. The van der Waals surface area contributed by atoms with Crippen molar-refractivity contribution in [1.82, 2.24) is 10.2 Å². The number of hydrogen-bond acceptors (Lipinski definition) is 5. The third-order valence-electron chi connectivity index (χ3n) is 6.05. The van der Waals surface area contributed by atoms with Crippen molar-refractivity contribution < 1.29 is 22.7 Å². The zero-order valence-electron chi connectivity index (χ0n) is 22.8. The van der Waals surface area contributed by atoms with Crippen molar-refractivity contribution in [2.75, 3.05) is 18.0 Å². The molecule has 0 unspecified atom stereocenters. The topological polar surface area (TPSA) is 96.0 Å². The van der Waals surface area contributed by atoms with Crippen LogP contribution in [0.4, 0.5) is 5.69 Å². The Morgan fingerprint density at radius 1 is 0.950 bits per heavy atom. The SMILES string of the molecule is CC[C@H](C(=O)NC(C)C)N(Cc1cccc(OC)c1)C(=O)CN(c1cc(Cl)cc(Cl)c1)S(=O)(=O)c1ccccc1. The molecule has 3 rings (SSSR count). The average molecular weight is 607 g/mol. The summed E-state index contributed by atoms with van der Waals surface area (Å²) in [7, 11) is -2.69. The molecule has 0 radical (unpaired) electrons. The second-order valence-electron chi connectivity index (χ2n) is 9.41. The molecule has 0 aromatic heterocycles. The number of amides is 2. The number of benzene rings is 3. The van der Waals surface area contributed by atoms with Crippen LogP contribution in [0.3, 0.4) is 0 Å². The van der Waals surface area contributed by atoms with Gasteiger partial charge in [-0.3, -0.25) is 13.9 Å². The minimum atomic E-state index is -4.22. The molecule has 0 aliphatic carbocycles. The number of sulfonamides is 1. The molecule has 3 aromatic carbocycles. The van der Waals surface area contributed by atoms with Crippen molar-refractivity contribution in [3.63, 3.8) is 0 Å². The molecule has 8 nitrogen and oxygen atoms in total. The Balaban J connectivity index is 2.09. The van der Waals surface area contributed by atoms with Gasteiger partial charge in [0.2, 0.25) is 11.8 Å². The average Bonchev–Trinajstić information content (AvgIpc) is 2.91. The van der Waals surface area contributed by atoms with Crippen LogP contribution < -0.4 is 14.4 Å². The summed E-state index contributed by atoms with van der Waals surface area (Å²) in [6.45, 7) is 4.91. The van der Waals surface area contributed by atoms with Crippen LogP contribution in [-0.2, 0) is 26.2 Å². The van der Waals surface area contributed by atoms with Gasteiger partial charge in [-0.25, -0.2) is 8.42 Å². The van der Waals surface area contributed by atoms with Crippen LogP contribution in [0.1, 0.15) is 32.8 Å². The number of carbonyl (C=O) groups is 2. The van der Waals surface area contributed by atoms with Gasteiger partial charge in [0.05, 0.1) is 17.7 Å². The monoisotopic (exact) mass is 605 g/mol. The summed E-state index contributed by atoms with van der Waals surface area (Å²) in [5.41, 5.74) is 0.836. The lowest BCUT2D eigenvalue weighted by atomic mass is 10.1. The molecule has 2 amide bonds. The van der Waals surface area contributed by atoms with E-state index in [1.165, 1.54) is 42.3 Å². The lowest BCUT2D eigenvalue weighted by molar-refractivity contribution is -0.140. The number of nitrogens with zero attached hydrogens (tertiary/aromatic N) is 2. The zero-order chi connectivity index (χ0) is 29.4. The molecule has 1 N–H and O–H groups in total. The number of halogens is 2. The summed E-state index contributed by atoms with van der Waals surface area (Å²) < 4.78 is 34.0. The van der Waals surface area contributed by atoms with Gasteiger partial charge in [0.25, 0.3) is 10.0 Å². The number of methoxy groups -OCH3 is 1. The largest absolute Gasteiger partial charge is 0.497 e. The fraction of sp³-hybridized carbons (Fsp3) is 0.310. The quantitative estimate of drug-likeness (QED) is 0.293. The molecule has 0 fully saturated rings. The number of nitrogens with one attached hydrogen (secondary N) is 1. The van der Waals surface area contributed by atoms with Gasteiger partial charge in [0.15, 0.2) is 0 Å². The number of hydrogen-bond donors (Lipinski definition) is 1. The smallest absolute Gasteiger partial charge is 0.264 e. The lowest BCUT2D eigenvalue weighted by Crippen LogP contribution is -2.53. The van der Waals surface area contributed by atoms with Crippen molar-refractivity contribution in [2.24, 2.45) is 0 Å². The molecule has 214 valence electrons. The minimum absolute atomic E-state index is 0.0113. The summed E-state index contributed by atoms with van der Waals surface area (Å²) in [4.78, 5) is 28.7. The van der Waals surface area contributed by atoms with E-state index in [0.717, 1.165) is 4.31 Å². The number of anilines is 1. The van der Waals surface area contributed by atoms with Crippen LogP contribution in [0, 0.1) is 0 Å². The van der Waals surface area contributed by atoms with Gasteiger partial charge in [-0.1, -0.05) is 60.5 Å². The van der Waals surface area contributed by atoms with Crippen LogP contribution in [0.2, 0.25) is 10.0 Å². The molecule has 1 atom stereocenters. The second-order valence-corrected chi connectivity index (χ2v) is 12.1. The van der Waals surface area contributed by atoms with Crippen molar-refractivity contribution in [3.8, 4) is 5.75 Å². The van der Waals surface area contributed by atoms with E-state index in [0.29, 0.717) is 17.7 Å². The van der Waals surface area contributed by atoms with E-state index in [1.54, 1.807) is 43.3 Å². The fourth-order valence-corrected chi connectivity index (χ4v) is 6.13. The first-order valence-electron chi connectivity index (χ1n) is 12.7. The van der Waals surface area contributed by atoms with Crippen molar-refractivity contribution >= 4 is 50.7 Å².